The second-order valence-electron chi connectivity index (χ2n) is 6.78. The molecule has 2 rings (SSSR count). The Morgan fingerprint density at radius 1 is 1.20 bits per heavy atom. The van der Waals surface area contributed by atoms with Crippen LogP contribution >= 0.6 is 0 Å². The summed E-state index contributed by atoms with van der Waals surface area (Å²) >= 11 is 0. The molecule has 0 bridgehead atoms. The largest absolute Gasteiger partial charge is 0.469 e. The maximum absolute atomic E-state index is 12.8. The van der Waals surface area contributed by atoms with Crippen molar-refractivity contribution in [3.05, 3.63) is 47.5 Å². The fourth-order valence-corrected chi connectivity index (χ4v) is 3.22. The first-order chi connectivity index (χ1) is 12.1. The third kappa shape index (κ3) is 6.37. The van der Waals surface area contributed by atoms with Crippen LogP contribution in [0.2, 0.25) is 0 Å². The van der Waals surface area contributed by atoms with Crippen molar-refractivity contribution in [2.24, 2.45) is 5.92 Å². The van der Waals surface area contributed by atoms with Crippen molar-refractivity contribution in [3.8, 4) is 0 Å². The molecule has 0 heterocycles. The van der Waals surface area contributed by atoms with E-state index in [1.807, 2.05) is 42.2 Å². The standard InChI is InChI=1S/C21H29NO3/c1-17(21(24)25-2)16-22(14-13-18-9-5-3-6-10-18)20(23)15-19-11-7-4-8-12-19/h4,7-9,11-12,17H,3,5-6,10,13-16H2,1-2H3. The van der Waals surface area contributed by atoms with Crippen molar-refractivity contribution < 1.29 is 14.3 Å². The van der Waals surface area contributed by atoms with Crippen molar-refractivity contribution >= 4 is 11.9 Å². The van der Waals surface area contributed by atoms with Gasteiger partial charge >= 0.3 is 5.97 Å². The molecule has 0 aromatic heterocycles. The normalized spacial score (nSPS) is 15.2. The number of methoxy groups -OCH3 is 1. The lowest BCUT2D eigenvalue weighted by atomic mass is 9.97. The number of hydrogen-bond donors (Lipinski definition) is 0. The Hall–Kier alpha value is -2.10. The number of esters is 1. The Balaban J connectivity index is 2.00. The highest BCUT2D eigenvalue weighted by Gasteiger charge is 2.22. The zero-order valence-corrected chi connectivity index (χ0v) is 15.4. The summed E-state index contributed by atoms with van der Waals surface area (Å²) in [5.74, 6) is -0.516. The number of nitrogens with zero attached hydrogens (tertiary/aromatic N) is 1. The average Bonchev–Trinajstić information content (AvgIpc) is 2.65. The first kappa shape index (κ1) is 19.2. The van der Waals surface area contributed by atoms with Crippen LogP contribution in [-0.4, -0.2) is 37.0 Å². The summed E-state index contributed by atoms with van der Waals surface area (Å²) in [6, 6.07) is 9.75. The van der Waals surface area contributed by atoms with Crippen LogP contribution in [0.5, 0.6) is 0 Å². The SMILES string of the molecule is COC(=O)C(C)CN(CCC1=CCCCC1)C(=O)Cc1ccccc1. The number of hydrogen-bond acceptors (Lipinski definition) is 3. The minimum absolute atomic E-state index is 0.0679. The topological polar surface area (TPSA) is 46.6 Å². The summed E-state index contributed by atoms with van der Waals surface area (Å²) in [5, 5.41) is 0. The molecule has 0 saturated heterocycles. The van der Waals surface area contributed by atoms with Crippen molar-refractivity contribution in [1.82, 2.24) is 4.90 Å². The molecule has 0 saturated carbocycles. The van der Waals surface area contributed by atoms with Crippen LogP contribution in [0.4, 0.5) is 0 Å². The van der Waals surface area contributed by atoms with E-state index in [-0.39, 0.29) is 17.8 Å². The number of ether oxygens (including phenoxy) is 1. The Labute approximate surface area is 150 Å². The van der Waals surface area contributed by atoms with Gasteiger partial charge in [-0.25, -0.2) is 0 Å². The molecule has 0 spiro atoms. The average molecular weight is 343 g/mol. The van der Waals surface area contributed by atoms with Gasteiger partial charge in [-0.05, 0) is 37.7 Å². The summed E-state index contributed by atoms with van der Waals surface area (Å²) in [6.45, 7) is 2.89. The number of carbonyl (C=O) groups excluding carboxylic acids is 2. The molecule has 0 N–H and O–H groups in total. The van der Waals surface area contributed by atoms with E-state index in [1.54, 1.807) is 0 Å². The zero-order chi connectivity index (χ0) is 18.1. The van der Waals surface area contributed by atoms with Gasteiger partial charge in [-0.2, -0.15) is 0 Å². The molecular weight excluding hydrogens is 314 g/mol. The van der Waals surface area contributed by atoms with Crippen molar-refractivity contribution in [2.75, 3.05) is 20.2 Å². The zero-order valence-electron chi connectivity index (χ0n) is 15.4. The maximum atomic E-state index is 12.8. The highest BCUT2D eigenvalue weighted by molar-refractivity contribution is 5.80. The molecule has 0 fully saturated rings. The van der Waals surface area contributed by atoms with E-state index in [4.69, 9.17) is 4.74 Å². The second kappa shape index (κ2) is 10.0. The molecule has 1 aliphatic rings. The van der Waals surface area contributed by atoms with Crippen LogP contribution in [0.3, 0.4) is 0 Å². The van der Waals surface area contributed by atoms with Gasteiger partial charge in [0.1, 0.15) is 0 Å². The molecule has 0 aliphatic heterocycles. The van der Waals surface area contributed by atoms with Gasteiger partial charge in [0.25, 0.3) is 0 Å². The molecule has 1 aliphatic carbocycles. The van der Waals surface area contributed by atoms with Crippen LogP contribution in [-0.2, 0) is 20.7 Å². The summed E-state index contributed by atoms with van der Waals surface area (Å²) in [7, 11) is 1.39. The second-order valence-corrected chi connectivity index (χ2v) is 6.78. The maximum Gasteiger partial charge on any atom is 0.310 e. The molecule has 1 unspecified atom stereocenters. The lowest BCUT2D eigenvalue weighted by molar-refractivity contribution is -0.146. The smallest absolute Gasteiger partial charge is 0.310 e. The molecule has 1 atom stereocenters. The van der Waals surface area contributed by atoms with Crippen LogP contribution in [0.15, 0.2) is 42.0 Å². The Kier molecular flexibility index (Phi) is 7.71. The lowest BCUT2D eigenvalue weighted by Gasteiger charge is -2.26. The van der Waals surface area contributed by atoms with Crippen LogP contribution in [0.25, 0.3) is 0 Å². The molecular formula is C21H29NO3. The van der Waals surface area contributed by atoms with Crippen molar-refractivity contribution in [1.29, 1.82) is 0 Å². The van der Waals surface area contributed by atoms with Gasteiger partial charge in [0, 0.05) is 13.1 Å². The third-order valence-electron chi connectivity index (χ3n) is 4.74. The van der Waals surface area contributed by atoms with E-state index in [0.29, 0.717) is 19.5 Å². The Morgan fingerprint density at radius 2 is 1.96 bits per heavy atom. The van der Waals surface area contributed by atoms with Crippen molar-refractivity contribution in [3.63, 3.8) is 0 Å². The molecule has 1 aromatic carbocycles. The van der Waals surface area contributed by atoms with E-state index in [2.05, 4.69) is 6.08 Å². The van der Waals surface area contributed by atoms with Gasteiger partial charge in [0.05, 0.1) is 19.4 Å². The van der Waals surface area contributed by atoms with E-state index in [9.17, 15) is 9.59 Å². The van der Waals surface area contributed by atoms with Gasteiger partial charge < -0.3 is 9.64 Å². The summed E-state index contributed by atoms with van der Waals surface area (Å²) in [6.07, 6.45) is 8.36. The predicted molar refractivity (Wildman–Crippen MR) is 99.1 cm³/mol. The van der Waals surface area contributed by atoms with E-state index < -0.39 is 0 Å². The molecule has 4 heteroatoms. The summed E-state index contributed by atoms with van der Waals surface area (Å²) in [5.41, 5.74) is 2.44. The molecule has 1 amide bonds. The fraction of sp³-hybridized carbons (Fsp3) is 0.524. The van der Waals surface area contributed by atoms with Crippen molar-refractivity contribution in [2.45, 2.75) is 45.4 Å². The predicted octanol–water partition coefficient (Wildman–Crippen LogP) is 3.76. The third-order valence-corrected chi connectivity index (χ3v) is 4.74. The Morgan fingerprint density at radius 3 is 2.60 bits per heavy atom. The fourth-order valence-electron chi connectivity index (χ4n) is 3.22. The number of amides is 1. The van der Waals surface area contributed by atoms with E-state index >= 15 is 0 Å². The molecule has 1 aromatic rings. The minimum Gasteiger partial charge on any atom is -0.469 e. The quantitative estimate of drug-likeness (QED) is 0.533. The number of allylic oxidation sites excluding steroid dienone is 1. The molecule has 25 heavy (non-hydrogen) atoms. The first-order valence-corrected chi connectivity index (χ1v) is 9.17. The van der Waals surface area contributed by atoms with Crippen LogP contribution in [0, 0.1) is 5.92 Å². The minimum atomic E-state index is -0.315. The van der Waals surface area contributed by atoms with Gasteiger partial charge in [-0.1, -0.05) is 48.9 Å². The van der Waals surface area contributed by atoms with Gasteiger partial charge in [-0.15, -0.1) is 0 Å². The van der Waals surface area contributed by atoms with Crippen LogP contribution in [0.1, 0.15) is 44.6 Å². The van der Waals surface area contributed by atoms with E-state index in [0.717, 1.165) is 24.8 Å². The van der Waals surface area contributed by atoms with Gasteiger partial charge in [-0.3, -0.25) is 9.59 Å². The van der Waals surface area contributed by atoms with Gasteiger partial charge in [0.2, 0.25) is 5.91 Å². The van der Waals surface area contributed by atoms with Crippen LogP contribution < -0.4 is 0 Å². The number of rotatable bonds is 8. The Bertz CT molecular complexity index is 594. The lowest BCUT2D eigenvalue weighted by Crippen LogP contribution is -2.39. The number of benzene rings is 1. The van der Waals surface area contributed by atoms with Gasteiger partial charge in [0.15, 0.2) is 0 Å². The summed E-state index contributed by atoms with van der Waals surface area (Å²) < 4.78 is 4.82. The number of carbonyl (C=O) groups is 2. The monoisotopic (exact) mass is 343 g/mol. The molecule has 136 valence electrons. The molecule has 0 radical (unpaired) electrons. The highest BCUT2D eigenvalue weighted by Crippen LogP contribution is 2.21. The summed E-state index contributed by atoms with van der Waals surface area (Å²) in [4.78, 5) is 26.4. The van der Waals surface area contributed by atoms with E-state index in [1.165, 1.54) is 25.5 Å². The highest BCUT2D eigenvalue weighted by atomic mass is 16.5. The first-order valence-electron chi connectivity index (χ1n) is 9.17. The molecule has 4 nitrogen and oxygen atoms in total.